The minimum Gasteiger partial charge on any atom is -0.325 e. The molecule has 0 unspecified atom stereocenters. The molecule has 0 aliphatic carbocycles. The molecule has 0 fully saturated rings. The topological polar surface area (TPSA) is 46.9 Å². The highest BCUT2D eigenvalue weighted by Crippen LogP contribution is 2.25. The Hall–Kier alpha value is -2.53. The molecule has 1 amide bonds. The number of para-hydroxylation sites is 1. The van der Waals surface area contributed by atoms with Crippen molar-refractivity contribution in [1.82, 2.24) is 9.55 Å². The van der Waals surface area contributed by atoms with Crippen LogP contribution >= 0.6 is 11.8 Å². The van der Waals surface area contributed by atoms with Crippen molar-refractivity contribution in [3.63, 3.8) is 0 Å². The molecule has 4 nitrogen and oxygen atoms in total. The summed E-state index contributed by atoms with van der Waals surface area (Å²) in [7, 11) is 0. The number of hydrogen-bond donors (Lipinski definition) is 1. The number of nitrogens with zero attached hydrogens (tertiary/aromatic N) is 2. The molecule has 1 aromatic heterocycles. The van der Waals surface area contributed by atoms with E-state index in [1.54, 1.807) is 6.20 Å². The Morgan fingerprint density at radius 1 is 1.17 bits per heavy atom. The summed E-state index contributed by atoms with van der Waals surface area (Å²) < 4.78 is 2.00. The molecule has 3 aromatic rings. The predicted octanol–water partition coefficient (Wildman–Crippen LogP) is 4.30. The number of carbonyl (C=O) groups excluding carboxylic acids is 1. The van der Waals surface area contributed by atoms with Gasteiger partial charge < -0.3 is 5.32 Å². The van der Waals surface area contributed by atoms with Crippen LogP contribution in [0.1, 0.15) is 12.5 Å². The minimum absolute atomic E-state index is 0.0370. The first-order valence-corrected chi connectivity index (χ1v) is 8.64. The summed E-state index contributed by atoms with van der Waals surface area (Å²) in [5.41, 5.74) is 3.04. The van der Waals surface area contributed by atoms with E-state index in [-0.39, 0.29) is 11.2 Å². The first-order chi connectivity index (χ1) is 11.6. The zero-order chi connectivity index (χ0) is 16.9. The third-order valence-corrected chi connectivity index (χ3v) is 4.66. The Morgan fingerprint density at radius 3 is 2.71 bits per heavy atom. The maximum absolute atomic E-state index is 12.4. The highest BCUT2D eigenvalue weighted by Gasteiger charge is 2.18. The van der Waals surface area contributed by atoms with Crippen molar-refractivity contribution < 1.29 is 4.79 Å². The SMILES string of the molecule is Cc1cccc(-n2ccnc2S[C@H](C)C(=O)Nc2ccccc2)c1. The molecule has 2 aromatic carbocycles. The van der Waals surface area contributed by atoms with E-state index in [1.165, 1.54) is 17.3 Å². The molecule has 1 N–H and O–H groups in total. The summed E-state index contributed by atoms with van der Waals surface area (Å²) in [5, 5.41) is 3.47. The second-order valence-corrected chi connectivity index (χ2v) is 6.84. The molecule has 1 heterocycles. The van der Waals surface area contributed by atoms with Crippen molar-refractivity contribution in [2.24, 2.45) is 0 Å². The number of aromatic nitrogens is 2. The molecule has 5 heteroatoms. The smallest absolute Gasteiger partial charge is 0.237 e. The first-order valence-electron chi connectivity index (χ1n) is 7.76. The van der Waals surface area contributed by atoms with Crippen molar-refractivity contribution in [3.8, 4) is 5.69 Å². The molecule has 0 aliphatic rings. The van der Waals surface area contributed by atoms with E-state index < -0.39 is 0 Å². The summed E-state index contributed by atoms with van der Waals surface area (Å²) in [6.45, 7) is 3.95. The first kappa shape index (κ1) is 16.3. The molecule has 0 saturated heterocycles. The van der Waals surface area contributed by atoms with Crippen LogP contribution in [0.15, 0.2) is 72.1 Å². The van der Waals surface area contributed by atoms with E-state index in [1.807, 2.05) is 60.2 Å². The van der Waals surface area contributed by atoms with Crippen molar-refractivity contribution in [3.05, 3.63) is 72.6 Å². The number of thioether (sulfide) groups is 1. The lowest BCUT2D eigenvalue weighted by Gasteiger charge is -2.13. The molecular weight excluding hydrogens is 318 g/mol. The van der Waals surface area contributed by atoms with Crippen LogP contribution in [-0.4, -0.2) is 20.7 Å². The van der Waals surface area contributed by atoms with Gasteiger partial charge in [-0.25, -0.2) is 4.98 Å². The Morgan fingerprint density at radius 2 is 1.96 bits per heavy atom. The molecule has 24 heavy (non-hydrogen) atoms. The summed E-state index contributed by atoms with van der Waals surface area (Å²) >= 11 is 1.44. The Balaban J connectivity index is 1.72. The van der Waals surface area contributed by atoms with Gasteiger partial charge in [-0.05, 0) is 43.7 Å². The largest absolute Gasteiger partial charge is 0.325 e. The van der Waals surface area contributed by atoms with Gasteiger partial charge in [0.15, 0.2) is 5.16 Å². The number of hydrogen-bond acceptors (Lipinski definition) is 3. The maximum Gasteiger partial charge on any atom is 0.237 e. The Kier molecular flexibility index (Phi) is 5.01. The zero-order valence-electron chi connectivity index (χ0n) is 13.6. The zero-order valence-corrected chi connectivity index (χ0v) is 14.5. The summed E-state index contributed by atoms with van der Waals surface area (Å²) in [6.07, 6.45) is 3.67. The third-order valence-electron chi connectivity index (χ3n) is 3.58. The van der Waals surface area contributed by atoms with Gasteiger partial charge in [0, 0.05) is 23.8 Å². The summed E-state index contributed by atoms with van der Waals surface area (Å²) in [6, 6.07) is 17.7. The fourth-order valence-corrected chi connectivity index (χ4v) is 3.21. The van der Waals surface area contributed by atoms with Crippen molar-refractivity contribution >= 4 is 23.4 Å². The van der Waals surface area contributed by atoms with Gasteiger partial charge in [-0.15, -0.1) is 0 Å². The highest BCUT2D eigenvalue weighted by atomic mass is 32.2. The van der Waals surface area contributed by atoms with E-state index in [0.717, 1.165) is 16.5 Å². The van der Waals surface area contributed by atoms with E-state index in [4.69, 9.17) is 0 Å². The summed E-state index contributed by atoms with van der Waals surface area (Å²) in [4.78, 5) is 16.8. The van der Waals surface area contributed by atoms with E-state index in [0.29, 0.717) is 0 Å². The van der Waals surface area contributed by atoms with Crippen LogP contribution < -0.4 is 5.32 Å². The molecule has 3 rings (SSSR count). The number of carbonyl (C=O) groups is 1. The van der Waals surface area contributed by atoms with Gasteiger partial charge in [0.05, 0.1) is 5.25 Å². The van der Waals surface area contributed by atoms with E-state index in [9.17, 15) is 4.79 Å². The average molecular weight is 337 g/mol. The Bertz CT molecular complexity index is 829. The number of benzene rings is 2. The Labute approximate surface area is 145 Å². The van der Waals surface area contributed by atoms with Crippen LogP contribution in [0.2, 0.25) is 0 Å². The number of nitrogens with one attached hydrogen (secondary N) is 1. The fourth-order valence-electron chi connectivity index (χ4n) is 2.33. The van der Waals surface area contributed by atoms with Crippen LogP contribution in [0.25, 0.3) is 5.69 Å². The molecular formula is C19H19N3OS. The molecule has 1 atom stereocenters. The lowest BCUT2D eigenvalue weighted by Crippen LogP contribution is -2.22. The van der Waals surface area contributed by atoms with Gasteiger partial charge >= 0.3 is 0 Å². The molecule has 122 valence electrons. The summed E-state index contributed by atoms with van der Waals surface area (Å²) in [5.74, 6) is -0.0370. The van der Waals surface area contributed by atoms with Crippen LogP contribution in [0.5, 0.6) is 0 Å². The fraction of sp³-hybridized carbons (Fsp3) is 0.158. The average Bonchev–Trinajstić information content (AvgIpc) is 3.04. The highest BCUT2D eigenvalue weighted by molar-refractivity contribution is 8.00. The van der Waals surface area contributed by atoms with E-state index >= 15 is 0 Å². The van der Waals surface area contributed by atoms with Crippen LogP contribution in [-0.2, 0) is 4.79 Å². The number of anilines is 1. The lowest BCUT2D eigenvalue weighted by atomic mass is 10.2. The monoisotopic (exact) mass is 337 g/mol. The molecule has 0 spiro atoms. The van der Waals surface area contributed by atoms with Crippen molar-refractivity contribution in [1.29, 1.82) is 0 Å². The van der Waals surface area contributed by atoms with Gasteiger partial charge in [0.1, 0.15) is 0 Å². The van der Waals surface area contributed by atoms with Crippen LogP contribution in [0.4, 0.5) is 5.69 Å². The molecule has 0 bridgehead atoms. The number of amides is 1. The predicted molar refractivity (Wildman–Crippen MR) is 98.7 cm³/mol. The van der Waals surface area contributed by atoms with Gasteiger partial charge in [-0.2, -0.15) is 0 Å². The van der Waals surface area contributed by atoms with Crippen molar-refractivity contribution in [2.45, 2.75) is 24.3 Å². The molecule has 0 saturated carbocycles. The van der Waals surface area contributed by atoms with Gasteiger partial charge in [0.25, 0.3) is 0 Å². The van der Waals surface area contributed by atoms with Crippen LogP contribution in [0, 0.1) is 6.92 Å². The second-order valence-electron chi connectivity index (χ2n) is 5.53. The van der Waals surface area contributed by atoms with Gasteiger partial charge in [-0.3, -0.25) is 9.36 Å². The quantitative estimate of drug-likeness (QED) is 0.706. The normalized spacial score (nSPS) is 11.9. The minimum atomic E-state index is -0.254. The lowest BCUT2D eigenvalue weighted by molar-refractivity contribution is -0.115. The third kappa shape index (κ3) is 3.86. The molecule has 0 radical (unpaired) electrons. The van der Waals surface area contributed by atoms with Gasteiger partial charge in [0.2, 0.25) is 5.91 Å². The second kappa shape index (κ2) is 7.36. The van der Waals surface area contributed by atoms with Crippen molar-refractivity contribution in [2.75, 3.05) is 5.32 Å². The standard InChI is InChI=1S/C19H19N3OS/c1-14-7-6-10-17(13-14)22-12-11-20-19(22)24-15(2)18(23)21-16-8-4-3-5-9-16/h3-13,15H,1-2H3,(H,21,23)/t15-/m1/s1. The molecule has 0 aliphatic heterocycles. The number of imidazole rings is 1. The van der Waals surface area contributed by atoms with Crippen LogP contribution in [0.3, 0.4) is 0 Å². The number of aryl methyl sites for hydroxylation is 1. The van der Waals surface area contributed by atoms with E-state index in [2.05, 4.69) is 29.4 Å². The maximum atomic E-state index is 12.4. The van der Waals surface area contributed by atoms with Gasteiger partial charge in [-0.1, -0.05) is 42.1 Å². The number of rotatable bonds is 5.